The van der Waals surface area contributed by atoms with E-state index in [1.807, 2.05) is 0 Å². The van der Waals surface area contributed by atoms with Crippen LogP contribution in [0.2, 0.25) is 5.02 Å². The summed E-state index contributed by atoms with van der Waals surface area (Å²) in [6.07, 6.45) is 1.04. The summed E-state index contributed by atoms with van der Waals surface area (Å²) in [4.78, 5) is -0.000352. The third kappa shape index (κ3) is 3.72. The number of primary sulfonamides is 1. The highest BCUT2D eigenvalue weighted by Gasteiger charge is 2.37. The average molecular weight is 369 g/mol. The van der Waals surface area contributed by atoms with Gasteiger partial charge in [-0.1, -0.05) is 11.6 Å². The number of halogens is 1. The minimum Gasteiger partial charge on any atom is -0.495 e. The molecule has 0 aliphatic carbocycles. The van der Waals surface area contributed by atoms with Crippen molar-refractivity contribution in [1.29, 1.82) is 0 Å². The van der Waals surface area contributed by atoms with Gasteiger partial charge >= 0.3 is 0 Å². The monoisotopic (exact) mass is 368 g/mol. The van der Waals surface area contributed by atoms with Gasteiger partial charge in [0.25, 0.3) is 0 Å². The van der Waals surface area contributed by atoms with Crippen LogP contribution in [-0.4, -0.2) is 46.6 Å². The lowest BCUT2D eigenvalue weighted by Crippen LogP contribution is -2.41. The van der Waals surface area contributed by atoms with Crippen LogP contribution in [-0.2, 0) is 20.0 Å². The number of benzene rings is 1. The zero-order valence-corrected chi connectivity index (χ0v) is 14.3. The molecule has 1 saturated heterocycles. The standard InChI is InChI=1S/C12H17ClN2O5S2/c1-20-12-5-4-10(7-11(12)13)22(18,19)15-6-2-3-9(15)8-21(14,16)17/h4-5,7,9H,2-3,6,8H2,1H3,(H2,14,16,17). The SMILES string of the molecule is COc1ccc(S(=O)(=O)N2CCCC2CS(N)(=O)=O)cc1Cl. The molecular formula is C12H17ClN2O5S2. The van der Waals surface area contributed by atoms with Gasteiger partial charge in [0.1, 0.15) is 5.75 Å². The molecule has 1 heterocycles. The van der Waals surface area contributed by atoms with Crippen LogP contribution in [0.3, 0.4) is 0 Å². The van der Waals surface area contributed by atoms with Gasteiger partial charge in [0.2, 0.25) is 20.0 Å². The van der Waals surface area contributed by atoms with E-state index in [4.69, 9.17) is 21.5 Å². The first-order valence-electron chi connectivity index (χ1n) is 6.51. The lowest BCUT2D eigenvalue weighted by molar-refractivity contribution is 0.406. The Labute approximate surface area is 135 Å². The highest BCUT2D eigenvalue weighted by Crippen LogP contribution is 2.31. The molecule has 1 fully saturated rings. The topological polar surface area (TPSA) is 107 Å². The van der Waals surface area contributed by atoms with E-state index in [0.717, 1.165) is 0 Å². The van der Waals surface area contributed by atoms with Gasteiger partial charge in [0, 0.05) is 12.6 Å². The van der Waals surface area contributed by atoms with Gasteiger partial charge in [-0.2, -0.15) is 4.31 Å². The molecule has 0 spiro atoms. The average Bonchev–Trinajstić information content (AvgIpc) is 2.85. The van der Waals surface area contributed by atoms with E-state index in [-0.39, 0.29) is 16.5 Å². The number of methoxy groups -OCH3 is 1. The predicted molar refractivity (Wildman–Crippen MR) is 82.9 cm³/mol. The van der Waals surface area contributed by atoms with E-state index in [1.54, 1.807) is 0 Å². The third-order valence-corrected chi connectivity index (χ3v) is 6.57. The molecule has 1 unspecified atom stereocenters. The quantitative estimate of drug-likeness (QED) is 0.826. The molecule has 2 N–H and O–H groups in total. The zero-order valence-electron chi connectivity index (χ0n) is 11.9. The molecule has 0 amide bonds. The molecule has 1 aliphatic heterocycles. The first-order valence-corrected chi connectivity index (χ1v) is 10.0. The predicted octanol–water partition coefficient (Wildman–Crippen LogP) is 0.790. The molecule has 1 aromatic rings. The van der Waals surface area contributed by atoms with Crippen LogP contribution < -0.4 is 9.88 Å². The highest BCUT2D eigenvalue weighted by molar-refractivity contribution is 7.90. The van der Waals surface area contributed by atoms with Crippen LogP contribution in [0.5, 0.6) is 5.75 Å². The molecule has 1 aromatic carbocycles. The summed E-state index contributed by atoms with van der Waals surface area (Å²) >= 11 is 5.96. The zero-order chi connectivity index (χ0) is 16.5. The lowest BCUT2D eigenvalue weighted by atomic mass is 10.3. The highest BCUT2D eigenvalue weighted by atomic mass is 35.5. The van der Waals surface area contributed by atoms with E-state index in [1.165, 1.54) is 29.6 Å². The molecule has 2 rings (SSSR count). The molecule has 10 heteroatoms. The first-order chi connectivity index (χ1) is 10.1. The number of sulfonamides is 2. The van der Waals surface area contributed by atoms with Gasteiger partial charge in [0.15, 0.2) is 0 Å². The Hall–Kier alpha value is -0.870. The van der Waals surface area contributed by atoms with Gasteiger partial charge < -0.3 is 4.74 Å². The second-order valence-electron chi connectivity index (χ2n) is 5.04. The van der Waals surface area contributed by atoms with Crippen molar-refractivity contribution >= 4 is 31.6 Å². The van der Waals surface area contributed by atoms with Crippen LogP contribution in [0.15, 0.2) is 23.1 Å². The Balaban J connectivity index is 2.35. The summed E-state index contributed by atoms with van der Waals surface area (Å²) in [7, 11) is -6.16. The Morgan fingerprint density at radius 1 is 1.36 bits per heavy atom. The maximum absolute atomic E-state index is 12.7. The van der Waals surface area contributed by atoms with Crippen molar-refractivity contribution in [3.05, 3.63) is 23.2 Å². The number of hydrogen-bond acceptors (Lipinski definition) is 5. The van der Waals surface area contributed by atoms with Gasteiger partial charge in [-0.15, -0.1) is 0 Å². The number of nitrogens with zero attached hydrogens (tertiary/aromatic N) is 1. The lowest BCUT2D eigenvalue weighted by Gasteiger charge is -2.23. The Bertz CT molecular complexity index is 764. The van der Waals surface area contributed by atoms with E-state index in [9.17, 15) is 16.8 Å². The fraction of sp³-hybridized carbons (Fsp3) is 0.500. The molecule has 1 atom stereocenters. The van der Waals surface area contributed by atoms with E-state index >= 15 is 0 Å². The van der Waals surface area contributed by atoms with Crippen molar-refractivity contribution in [2.45, 2.75) is 23.8 Å². The molecule has 1 aliphatic rings. The third-order valence-electron chi connectivity index (χ3n) is 3.48. The van der Waals surface area contributed by atoms with Gasteiger partial charge in [-0.25, -0.2) is 22.0 Å². The largest absolute Gasteiger partial charge is 0.495 e. The first kappa shape index (κ1) is 17.5. The van der Waals surface area contributed by atoms with Gasteiger partial charge in [-0.3, -0.25) is 0 Å². The number of hydrogen-bond donors (Lipinski definition) is 1. The number of nitrogens with two attached hydrogens (primary N) is 1. The summed E-state index contributed by atoms with van der Waals surface area (Å²) in [5, 5.41) is 5.21. The summed E-state index contributed by atoms with van der Waals surface area (Å²) < 4.78 is 54.0. The molecule has 7 nitrogen and oxygen atoms in total. The molecule has 0 saturated carbocycles. The van der Waals surface area contributed by atoms with Crippen molar-refractivity contribution < 1.29 is 21.6 Å². The molecule has 0 bridgehead atoms. The van der Waals surface area contributed by atoms with Crippen LogP contribution in [0, 0.1) is 0 Å². The smallest absolute Gasteiger partial charge is 0.243 e. The molecule has 22 heavy (non-hydrogen) atoms. The normalized spacial score (nSPS) is 20.2. The summed E-state index contributed by atoms with van der Waals surface area (Å²) in [6.45, 7) is 0.256. The van der Waals surface area contributed by atoms with Gasteiger partial charge in [0.05, 0.1) is 22.8 Å². The van der Waals surface area contributed by atoms with Crippen LogP contribution >= 0.6 is 11.6 Å². The Kier molecular flexibility index (Phi) is 5.03. The maximum Gasteiger partial charge on any atom is 0.243 e. The van der Waals surface area contributed by atoms with Crippen LogP contribution in [0.4, 0.5) is 0 Å². The van der Waals surface area contributed by atoms with Crippen molar-refractivity contribution in [2.24, 2.45) is 5.14 Å². The number of rotatable bonds is 5. The minimum absolute atomic E-state index is 0.000352. The van der Waals surface area contributed by atoms with E-state index in [2.05, 4.69) is 0 Å². The molecular weight excluding hydrogens is 352 g/mol. The Morgan fingerprint density at radius 2 is 2.05 bits per heavy atom. The molecule has 124 valence electrons. The minimum atomic E-state index is -3.83. The van der Waals surface area contributed by atoms with E-state index in [0.29, 0.717) is 18.6 Å². The van der Waals surface area contributed by atoms with E-state index < -0.39 is 31.8 Å². The second-order valence-corrected chi connectivity index (χ2v) is 8.99. The van der Waals surface area contributed by atoms with Crippen molar-refractivity contribution in [3.8, 4) is 5.75 Å². The van der Waals surface area contributed by atoms with Gasteiger partial charge in [-0.05, 0) is 31.0 Å². The fourth-order valence-corrected chi connectivity index (χ4v) is 5.52. The summed E-state index contributed by atoms with van der Waals surface area (Å²) in [6, 6.07) is 3.48. The number of ether oxygens (including phenoxy) is 1. The molecule has 0 radical (unpaired) electrons. The fourth-order valence-electron chi connectivity index (χ4n) is 2.50. The van der Waals surface area contributed by atoms with Crippen molar-refractivity contribution in [1.82, 2.24) is 4.31 Å². The maximum atomic E-state index is 12.7. The Morgan fingerprint density at radius 3 is 2.59 bits per heavy atom. The van der Waals surface area contributed by atoms with Crippen molar-refractivity contribution in [2.75, 3.05) is 19.4 Å². The van der Waals surface area contributed by atoms with Crippen LogP contribution in [0.25, 0.3) is 0 Å². The van der Waals surface area contributed by atoms with Crippen molar-refractivity contribution in [3.63, 3.8) is 0 Å². The summed E-state index contributed by atoms with van der Waals surface area (Å²) in [5.41, 5.74) is 0. The summed E-state index contributed by atoms with van der Waals surface area (Å²) in [5.74, 6) is -0.0287. The second kappa shape index (κ2) is 6.32. The molecule has 0 aromatic heterocycles. The van der Waals surface area contributed by atoms with Crippen LogP contribution in [0.1, 0.15) is 12.8 Å².